The molecule has 0 aromatic rings. The molecule has 3 heteroatoms. The van der Waals surface area contributed by atoms with Crippen molar-refractivity contribution in [1.29, 1.82) is 0 Å². The van der Waals surface area contributed by atoms with Crippen LogP contribution in [-0.4, -0.2) is 13.3 Å². The van der Waals surface area contributed by atoms with E-state index in [9.17, 15) is 0 Å². The Balaban J connectivity index is 4.67. The van der Waals surface area contributed by atoms with E-state index in [0.29, 0.717) is 5.03 Å². The lowest BCUT2D eigenvalue weighted by Gasteiger charge is -2.07. The lowest BCUT2D eigenvalue weighted by Crippen LogP contribution is -2.06. The van der Waals surface area contributed by atoms with Gasteiger partial charge in [0.05, 0.1) is 5.03 Å². The predicted octanol–water partition coefficient (Wildman–Crippen LogP) is 3.23. The van der Waals surface area contributed by atoms with Gasteiger partial charge in [-0.05, 0) is 25.0 Å². The monoisotopic (exact) mass is 212 g/mol. The highest BCUT2D eigenvalue weighted by atomic mass is 35.5. The fraction of sp³-hybridized carbons (Fsp3) is 0.364. The molecule has 78 valence electrons. The molecule has 0 radical (unpaired) electrons. The molecule has 14 heavy (non-hydrogen) atoms. The lowest BCUT2D eigenvalue weighted by atomic mass is 10.1. The third kappa shape index (κ3) is 4.87. The maximum absolute atomic E-state index is 5.94. The molecule has 0 heterocycles. The number of halogens is 1. The Labute approximate surface area is 91.1 Å². The van der Waals surface area contributed by atoms with Crippen LogP contribution >= 0.6 is 11.6 Å². The second-order valence-electron chi connectivity index (χ2n) is 2.67. The van der Waals surface area contributed by atoms with Gasteiger partial charge in [-0.25, -0.2) is 0 Å². The molecule has 0 aliphatic rings. The maximum Gasteiger partial charge on any atom is 0.0592 e. The summed E-state index contributed by atoms with van der Waals surface area (Å²) >= 11 is 5.94. The molecular weight excluding hydrogens is 196 g/mol. The third-order valence-electron chi connectivity index (χ3n) is 1.73. The molecule has 0 rings (SSSR count). The summed E-state index contributed by atoms with van der Waals surface area (Å²) in [6.07, 6.45) is 6.06. The van der Waals surface area contributed by atoms with Gasteiger partial charge in [0.25, 0.3) is 0 Å². The molecule has 0 aliphatic carbocycles. The number of likely N-dealkylation sites (N-methyl/N-ethyl adjacent to an activating group) is 1. The highest BCUT2D eigenvalue weighted by molar-refractivity contribution is 6.31. The van der Waals surface area contributed by atoms with Crippen LogP contribution < -0.4 is 5.32 Å². The van der Waals surface area contributed by atoms with Gasteiger partial charge in [-0.15, -0.1) is 0 Å². The van der Waals surface area contributed by atoms with Crippen molar-refractivity contribution >= 4 is 17.8 Å². The van der Waals surface area contributed by atoms with E-state index >= 15 is 0 Å². The predicted molar refractivity (Wildman–Crippen MR) is 64.7 cm³/mol. The summed E-state index contributed by atoms with van der Waals surface area (Å²) in [5, 5.41) is 3.60. The first-order chi connectivity index (χ1) is 6.65. The van der Waals surface area contributed by atoms with Gasteiger partial charge in [-0.1, -0.05) is 25.1 Å². The topological polar surface area (TPSA) is 24.4 Å². The van der Waals surface area contributed by atoms with Crippen molar-refractivity contribution in [1.82, 2.24) is 5.32 Å². The van der Waals surface area contributed by atoms with Crippen LogP contribution in [0.5, 0.6) is 0 Å². The van der Waals surface area contributed by atoms with E-state index in [4.69, 9.17) is 11.6 Å². The van der Waals surface area contributed by atoms with E-state index in [1.54, 1.807) is 12.4 Å². The molecule has 0 amide bonds. The highest BCUT2D eigenvalue weighted by Gasteiger charge is 1.98. The Morgan fingerprint density at radius 2 is 2.21 bits per heavy atom. The number of nitrogens with one attached hydrogen (secondary N) is 1. The standard InChI is InChI=1S/C11H17ClN2/c1-5-10(9(3)13-4)7-11(12)8-14-6-2/h6-8,13H,3,5H2,1-2,4H3/b10-7+,11-8+,14-6?. The molecule has 0 saturated carbocycles. The van der Waals surface area contributed by atoms with Crippen molar-refractivity contribution in [2.45, 2.75) is 20.3 Å². The van der Waals surface area contributed by atoms with E-state index in [1.807, 2.05) is 20.0 Å². The van der Waals surface area contributed by atoms with Crippen LogP contribution in [0.3, 0.4) is 0 Å². The zero-order valence-electron chi connectivity index (χ0n) is 8.97. The van der Waals surface area contributed by atoms with Gasteiger partial charge in [0.15, 0.2) is 0 Å². The quantitative estimate of drug-likeness (QED) is 0.549. The molecule has 0 saturated heterocycles. The highest BCUT2D eigenvalue weighted by Crippen LogP contribution is 2.14. The molecule has 0 aromatic carbocycles. The van der Waals surface area contributed by atoms with Gasteiger partial charge >= 0.3 is 0 Å². The van der Waals surface area contributed by atoms with Crippen molar-refractivity contribution in [3.05, 3.63) is 35.2 Å². The second kappa shape index (κ2) is 7.39. The summed E-state index contributed by atoms with van der Waals surface area (Å²) in [6, 6.07) is 0. The average Bonchev–Trinajstić information content (AvgIpc) is 2.21. The van der Waals surface area contributed by atoms with Crippen LogP contribution in [0.15, 0.2) is 40.1 Å². The minimum Gasteiger partial charge on any atom is -0.388 e. The molecule has 2 nitrogen and oxygen atoms in total. The van der Waals surface area contributed by atoms with Crippen LogP contribution in [0.25, 0.3) is 0 Å². The first kappa shape index (κ1) is 13.0. The molecule has 0 aliphatic heterocycles. The summed E-state index contributed by atoms with van der Waals surface area (Å²) in [4.78, 5) is 3.93. The van der Waals surface area contributed by atoms with Gasteiger partial charge in [0, 0.05) is 25.2 Å². The Hall–Kier alpha value is -1.02. The number of aliphatic imine (C=N–C) groups is 1. The van der Waals surface area contributed by atoms with E-state index in [-0.39, 0.29) is 0 Å². The average molecular weight is 213 g/mol. The number of hydrogen-bond acceptors (Lipinski definition) is 2. The zero-order chi connectivity index (χ0) is 11.0. The molecule has 0 atom stereocenters. The van der Waals surface area contributed by atoms with Crippen LogP contribution in [-0.2, 0) is 0 Å². The van der Waals surface area contributed by atoms with Crippen molar-refractivity contribution < 1.29 is 0 Å². The lowest BCUT2D eigenvalue weighted by molar-refractivity contribution is 0.960. The SMILES string of the molecule is C=C(NC)/C(=C/C(Cl)=C\N=CC)CC. The van der Waals surface area contributed by atoms with Crippen molar-refractivity contribution in [3.63, 3.8) is 0 Å². The zero-order valence-corrected chi connectivity index (χ0v) is 9.73. The molecule has 0 aromatic heterocycles. The molecule has 0 unspecified atom stereocenters. The van der Waals surface area contributed by atoms with E-state index in [0.717, 1.165) is 17.7 Å². The minimum atomic E-state index is 0.608. The molecule has 0 fully saturated rings. The first-order valence-corrected chi connectivity index (χ1v) is 4.94. The van der Waals surface area contributed by atoms with E-state index in [1.165, 1.54) is 0 Å². The molecule has 0 bridgehead atoms. The number of allylic oxidation sites excluding steroid dienone is 3. The summed E-state index contributed by atoms with van der Waals surface area (Å²) in [5.41, 5.74) is 1.97. The third-order valence-corrected chi connectivity index (χ3v) is 1.94. The van der Waals surface area contributed by atoms with Crippen LogP contribution in [0.1, 0.15) is 20.3 Å². The van der Waals surface area contributed by atoms with Gasteiger partial charge in [0.1, 0.15) is 0 Å². The van der Waals surface area contributed by atoms with Crippen molar-refractivity contribution in [2.24, 2.45) is 4.99 Å². The first-order valence-electron chi connectivity index (χ1n) is 4.56. The fourth-order valence-electron chi connectivity index (χ4n) is 0.913. The van der Waals surface area contributed by atoms with Gasteiger partial charge in [-0.2, -0.15) is 0 Å². The van der Waals surface area contributed by atoms with E-state index < -0.39 is 0 Å². The molecule has 0 spiro atoms. The minimum absolute atomic E-state index is 0.608. The van der Waals surface area contributed by atoms with Gasteiger partial charge in [0.2, 0.25) is 0 Å². The van der Waals surface area contributed by atoms with E-state index in [2.05, 4.69) is 23.8 Å². The number of rotatable bonds is 5. The Morgan fingerprint density at radius 1 is 1.57 bits per heavy atom. The van der Waals surface area contributed by atoms with Gasteiger partial charge in [-0.3, -0.25) is 4.99 Å². The second-order valence-corrected chi connectivity index (χ2v) is 3.11. The summed E-state index contributed by atoms with van der Waals surface area (Å²) < 4.78 is 0. The summed E-state index contributed by atoms with van der Waals surface area (Å²) in [6.45, 7) is 7.78. The molecule has 1 N–H and O–H groups in total. The Kier molecular flexibility index (Phi) is 6.85. The molecular formula is C11H17ClN2. The number of nitrogens with zero attached hydrogens (tertiary/aromatic N) is 1. The largest absolute Gasteiger partial charge is 0.388 e. The normalized spacial score (nSPS) is 13.4. The van der Waals surface area contributed by atoms with Gasteiger partial charge < -0.3 is 5.32 Å². The Morgan fingerprint density at radius 3 is 2.64 bits per heavy atom. The van der Waals surface area contributed by atoms with Crippen molar-refractivity contribution in [2.75, 3.05) is 7.05 Å². The maximum atomic E-state index is 5.94. The number of hydrogen-bond donors (Lipinski definition) is 1. The van der Waals surface area contributed by atoms with Crippen molar-refractivity contribution in [3.8, 4) is 0 Å². The summed E-state index contributed by atoms with van der Waals surface area (Å²) in [7, 11) is 1.84. The van der Waals surface area contributed by atoms with Crippen LogP contribution in [0, 0.1) is 0 Å². The Bertz CT molecular complexity index is 275. The summed E-state index contributed by atoms with van der Waals surface area (Å²) in [5.74, 6) is 0. The van der Waals surface area contributed by atoms with Crippen LogP contribution in [0.4, 0.5) is 0 Å². The van der Waals surface area contributed by atoms with Crippen LogP contribution in [0.2, 0.25) is 0 Å². The fourth-order valence-corrected chi connectivity index (χ4v) is 1.10. The smallest absolute Gasteiger partial charge is 0.0592 e.